The van der Waals surface area contributed by atoms with Crippen LogP contribution in [0.4, 0.5) is 0 Å². The molecule has 4 aromatic carbocycles. The molecule has 0 saturated heterocycles. The van der Waals surface area contributed by atoms with E-state index in [0.717, 1.165) is 0 Å². The Morgan fingerprint density at radius 2 is 0.533 bits per heavy atom. The van der Waals surface area contributed by atoms with Crippen LogP contribution in [0.2, 0.25) is 0 Å². The van der Waals surface area contributed by atoms with Crippen LogP contribution in [0, 0.1) is 0 Å². The molecule has 0 amide bonds. The lowest BCUT2D eigenvalue weighted by molar-refractivity contribution is 0.404. The van der Waals surface area contributed by atoms with E-state index in [4.69, 9.17) is 0 Å². The molecule has 6 N–H and O–H groups in total. The van der Waals surface area contributed by atoms with Gasteiger partial charge in [-0.25, -0.2) is 0 Å². The monoisotopic (exact) mass is 402 g/mol. The fourth-order valence-corrected chi connectivity index (χ4v) is 3.24. The number of phenols is 6. The van der Waals surface area contributed by atoms with Crippen LogP contribution in [-0.4, -0.2) is 30.6 Å². The Morgan fingerprint density at radius 1 is 0.267 bits per heavy atom. The van der Waals surface area contributed by atoms with E-state index in [9.17, 15) is 30.6 Å². The second-order valence-electron chi connectivity index (χ2n) is 6.91. The third-order valence-corrected chi connectivity index (χ3v) is 4.86. The van der Waals surface area contributed by atoms with E-state index in [0.29, 0.717) is 33.4 Å². The molecule has 0 aliphatic heterocycles. The highest BCUT2D eigenvalue weighted by atomic mass is 16.3. The zero-order valence-corrected chi connectivity index (χ0v) is 15.6. The minimum Gasteiger partial charge on any atom is -0.504 e. The van der Waals surface area contributed by atoms with Crippen molar-refractivity contribution in [2.24, 2.45) is 0 Å². The second-order valence-corrected chi connectivity index (χ2v) is 6.91. The Hall–Kier alpha value is -4.32. The highest BCUT2D eigenvalue weighted by Gasteiger charge is 2.12. The molecule has 0 aliphatic carbocycles. The molecule has 150 valence electrons. The summed E-state index contributed by atoms with van der Waals surface area (Å²) in [7, 11) is 0. The average molecular weight is 402 g/mol. The summed E-state index contributed by atoms with van der Waals surface area (Å²) in [5, 5.41) is 58.5. The van der Waals surface area contributed by atoms with Crippen molar-refractivity contribution in [2.45, 2.75) is 0 Å². The van der Waals surface area contributed by atoms with Gasteiger partial charge in [-0.15, -0.1) is 0 Å². The SMILES string of the molecule is Oc1ccc(-c2cc(-c3ccc(O)c(O)c3)cc(-c3ccc(O)c(O)c3)c2)cc1O. The largest absolute Gasteiger partial charge is 0.504 e. The summed E-state index contributed by atoms with van der Waals surface area (Å²) in [6.45, 7) is 0. The summed E-state index contributed by atoms with van der Waals surface area (Å²) in [5.74, 6) is -1.48. The average Bonchev–Trinajstić information content (AvgIpc) is 2.73. The summed E-state index contributed by atoms with van der Waals surface area (Å²) < 4.78 is 0. The molecule has 0 atom stereocenters. The van der Waals surface area contributed by atoms with Crippen LogP contribution in [0.1, 0.15) is 0 Å². The van der Waals surface area contributed by atoms with Crippen LogP contribution in [-0.2, 0) is 0 Å². The molecule has 0 radical (unpaired) electrons. The predicted octanol–water partition coefficient (Wildman–Crippen LogP) is 4.92. The standard InChI is InChI=1S/C24H18O6/c25-19-4-1-13(10-22(19)28)16-7-17(14-2-5-20(26)23(29)11-14)9-18(8-16)15-3-6-21(27)24(30)12-15/h1-12,25-30H. The number of hydrogen-bond donors (Lipinski definition) is 6. The Balaban J connectivity index is 1.94. The molecule has 0 heterocycles. The van der Waals surface area contributed by atoms with Crippen molar-refractivity contribution < 1.29 is 30.6 Å². The van der Waals surface area contributed by atoms with Crippen molar-refractivity contribution >= 4 is 0 Å². The maximum Gasteiger partial charge on any atom is 0.158 e. The lowest BCUT2D eigenvalue weighted by Gasteiger charge is -2.13. The molecule has 6 nitrogen and oxygen atoms in total. The minimum atomic E-state index is -0.260. The van der Waals surface area contributed by atoms with E-state index in [1.54, 1.807) is 18.2 Å². The van der Waals surface area contributed by atoms with Gasteiger partial charge in [0, 0.05) is 0 Å². The third-order valence-electron chi connectivity index (χ3n) is 4.86. The summed E-state index contributed by atoms with van der Waals surface area (Å²) in [6, 6.07) is 18.9. The molecule has 0 fully saturated rings. The quantitative estimate of drug-likeness (QED) is 0.271. The Bertz CT molecular complexity index is 1090. The lowest BCUT2D eigenvalue weighted by Crippen LogP contribution is -1.87. The molecule has 30 heavy (non-hydrogen) atoms. The maximum atomic E-state index is 9.90. The van der Waals surface area contributed by atoms with Crippen LogP contribution in [0.5, 0.6) is 34.5 Å². The van der Waals surface area contributed by atoms with Crippen molar-refractivity contribution in [3.8, 4) is 67.9 Å². The zero-order chi connectivity index (χ0) is 21.4. The molecule has 4 aromatic rings. The van der Waals surface area contributed by atoms with Gasteiger partial charge in [-0.2, -0.15) is 0 Å². The lowest BCUT2D eigenvalue weighted by atomic mass is 9.93. The molecule has 0 unspecified atom stereocenters. The molecule has 0 saturated carbocycles. The first-order valence-electron chi connectivity index (χ1n) is 9.04. The van der Waals surface area contributed by atoms with Gasteiger partial charge in [0.25, 0.3) is 0 Å². The second kappa shape index (κ2) is 7.25. The summed E-state index contributed by atoms with van der Waals surface area (Å²) in [5.41, 5.74) is 4.03. The van der Waals surface area contributed by atoms with Crippen LogP contribution < -0.4 is 0 Å². The number of benzene rings is 4. The minimum absolute atomic E-state index is 0.234. The van der Waals surface area contributed by atoms with Gasteiger partial charge < -0.3 is 30.6 Å². The van der Waals surface area contributed by atoms with Crippen molar-refractivity contribution in [1.82, 2.24) is 0 Å². The topological polar surface area (TPSA) is 121 Å². The van der Waals surface area contributed by atoms with E-state index in [1.807, 2.05) is 18.2 Å². The van der Waals surface area contributed by atoms with Gasteiger partial charge in [0.1, 0.15) is 0 Å². The molecule has 6 heteroatoms. The number of hydrogen-bond acceptors (Lipinski definition) is 6. The Labute approximate surface area is 171 Å². The molecule has 0 aliphatic rings. The van der Waals surface area contributed by atoms with Gasteiger partial charge in [-0.05, 0) is 88.0 Å². The third kappa shape index (κ3) is 3.54. The molecule has 0 aromatic heterocycles. The van der Waals surface area contributed by atoms with Gasteiger partial charge in [-0.3, -0.25) is 0 Å². The molecular formula is C24H18O6. The Morgan fingerprint density at radius 3 is 0.767 bits per heavy atom. The number of phenolic OH excluding ortho intramolecular Hbond substituents is 6. The highest BCUT2D eigenvalue weighted by molar-refractivity contribution is 5.82. The van der Waals surface area contributed by atoms with Crippen molar-refractivity contribution in [1.29, 1.82) is 0 Å². The van der Waals surface area contributed by atoms with Crippen LogP contribution >= 0.6 is 0 Å². The molecule has 0 spiro atoms. The summed E-state index contributed by atoms with van der Waals surface area (Å²) in [4.78, 5) is 0. The molecule has 0 bridgehead atoms. The van der Waals surface area contributed by atoms with Crippen LogP contribution in [0.15, 0.2) is 72.8 Å². The van der Waals surface area contributed by atoms with Gasteiger partial charge in [0.15, 0.2) is 34.5 Å². The Kier molecular flexibility index (Phi) is 4.60. The highest BCUT2D eigenvalue weighted by Crippen LogP contribution is 2.39. The van der Waals surface area contributed by atoms with Crippen LogP contribution in [0.3, 0.4) is 0 Å². The van der Waals surface area contributed by atoms with Gasteiger partial charge >= 0.3 is 0 Å². The van der Waals surface area contributed by atoms with Crippen LogP contribution in [0.25, 0.3) is 33.4 Å². The summed E-state index contributed by atoms with van der Waals surface area (Å²) >= 11 is 0. The van der Waals surface area contributed by atoms with E-state index in [2.05, 4.69) is 0 Å². The molecule has 4 rings (SSSR count). The number of aromatic hydroxyl groups is 6. The summed E-state index contributed by atoms with van der Waals surface area (Å²) in [6.07, 6.45) is 0. The van der Waals surface area contributed by atoms with E-state index in [1.165, 1.54) is 36.4 Å². The smallest absolute Gasteiger partial charge is 0.158 e. The normalized spacial score (nSPS) is 10.8. The van der Waals surface area contributed by atoms with Gasteiger partial charge in [0.2, 0.25) is 0 Å². The predicted molar refractivity (Wildman–Crippen MR) is 113 cm³/mol. The first kappa shape index (κ1) is 19.0. The van der Waals surface area contributed by atoms with Crippen molar-refractivity contribution in [2.75, 3.05) is 0 Å². The van der Waals surface area contributed by atoms with E-state index in [-0.39, 0.29) is 34.5 Å². The zero-order valence-electron chi connectivity index (χ0n) is 15.6. The first-order valence-corrected chi connectivity index (χ1v) is 9.04. The molecular weight excluding hydrogens is 384 g/mol. The van der Waals surface area contributed by atoms with E-state index < -0.39 is 0 Å². The van der Waals surface area contributed by atoms with Gasteiger partial charge in [-0.1, -0.05) is 18.2 Å². The van der Waals surface area contributed by atoms with Gasteiger partial charge in [0.05, 0.1) is 0 Å². The first-order chi connectivity index (χ1) is 14.3. The fraction of sp³-hybridized carbons (Fsp3) is 0. The van der Waals surface area contributed by atoms with E-state index >= 15 is 0 Å². The van der Waals surface area contributed by atoms with Crippen molar-refractivity contribution in [3.63, 3.8) is 0 Å². The fourth-order valence-electron chi connectivity index (χ4n) is 3.24. The maximum absolute atomic E-state index is 9.90. The number of rotatable bonds is 3. The van der Waals surface area contributed by atoms with Crippen molar-refractivity contribution in [3.05, 3.63) is 72.8 Å².